The lowest BCUT2D eigenvalue weighted by molar-refractivity contribution is 0.414. The van der Waals surface area contributed by atoms with Gasteiger partial charge in [-0.1, -0.05) is 22.9 Å². The van der Waals surface area contributed by atoms with E-state index in [4.69, 9.17) is 11.6 Å². The van der Waals surface area contributed by atoms with Gasteiger partial charge in [-0.05, 0) is 30.7 Å². The van der Waals surface area contributed by atoms with Gasteiger partial charge < -0.3 is 4.52 Å². The number of benzene rings is 1. The SMILES string of the molecule is Cc1ccc(SCc2noc(Cl)n2)cc1. The zero-order valence-electron chi connectivity index (χ0n) is 8.11. The molecule has 0 amide bonds. The minimum atomic E-state index is 0.0921. The molecule has 0 spiro atoms. The van der Waals surface area contributed by atoms with Gasteiger partial charge in [0.05, 0.1) is 5.75 Å². The van der Waals surface area contributed by atoms with Gasteiger partial charge in [0.15, 0.2) is 5.82 Å². The number of halogens is 1. The van der Waals surface area contributed by atoms with E-state index >= 15 is 0 Å². The summed E-state index contributed by atoms with van der Waals surface area (Å²) in [5.41, 5.74) is 1.25. The molecule has 0 saturated carbocycles. The molecule has 5 heteroatoms. The highest BCUT2D eigenvalue weighted by molar-refractivity contribution is 7.98. The molecule has 0 aliphatic heterocycles. The van der Waals surface area contributed by atoms with E-state index in [-0.39, 0.29) is 5.35 Å². The maximum Gasteiger partial charge on any atom is 0.320 e. The van der Waals surface area contributed by atoms with Gasteiger partial charge >= 0.3 is 5.35 Å². The lowest BCUT2D eigenvalue weighted by atomic mass is 10.2. The number of nitrogens with zero attached hydrogens (tertiary/aromatic N) is 2. The van der Waals surface area contributed by atoms with Crippen molar-refractivity contribution in [1.29, 1.82) is 0 Å². The second kappa shape index (κ2) is 4.68. The average molecular weight is 241 g/mol. The molecule has 0 radical (unpaired) electrons. The summed E-state index contributed by atoms with van der Waals surface area (Å²) in [6.07, 6.45) is 0. The third kappa shape index (κ3) is 2.97. The molecule has 2 aromatic rings. The van der Waals surface area contributed by atoms with E-state index < -0.39 is 0 Å². The first-order valence-corrected chi connectivity index (χ1v) is 5.78. The summed E-state index contributed by atoms with van der Waals surface area (Å²) >= 11 is 7.17. The molecule has 78 valence electrons. The quantitative estimate of drug-likeness (QED) is 0.772. The highest BCUT2D eigenvalue weighted by atomic mass is 35.5. The number of rotatable bonds is 3. The first kappa shape index (κ1) is 10.5. The van der Waals surface area contributed by atoms with Gasteiger partial charge in [-0.2, -0.15) is 4.98 Å². The number of aryl methyl sites for hydroxylation is 1. The van der Waals surface area contributed by atoms with Crippen molar-refractivity contribution in [2.75, 3.05) is 0 Å². The third-order valence-corrected chi connectivity index (χ3v) is 2.99. The molecule has 0 N–H and O–H groups in total. The molecular formula is C10H9ClN2OS. The molecule has 1 aromatic heterocycles. The van der Waals surface area contributed by atoms with E-state index in [2.05, 4.69) is 45.9 Å². The second-order valence-corrected chi connectivity index (χ2v) is 4.44. The fraction of sp³-hybridized carbons (Fsp3) is 0.200. The van der Waals surface area contributed by atoms with E-state index in [1.165, 1.54) is 10.5 Å². The van der Waals surface area contributed by atoms with Crippen molar-refractivity contribution >= 4 is 23.4 Å². The Morgan fingerprint density at radius 3 is 2.67 bits per heavy atom. The molecule has 0 fully saturated rings. The van der Waals surface area contributed by atoms with Crippen LogP contribution in [0.3, 0.4) is 0 Å². The van der Waals surface area contributed by atoms with Gasteiger partial charge in [0.1, 0.15) is 0 Å². The molecule has 3 nitrogen and oxygen atoms in total. The maximum atomic E-state index is 5.51. The molecule has 0 bridgehead atoms. The molecular weight excluding hydrogens is 232 g/mol. The fourth-order valence-electron chi connectivity index (χ4n) is 1.07. The molecule has 0 saturated heterocycles. The Balaban J connectivity index is 1.96. The lowest BCUT2D eigenvalue weighted by Gasteiger charge is -1.98. The normalized spacial score (nSPS) is 10.5. The maximum absolute atomic E-state index is 5.51. The van der Waals surface area contributed by atoms with Crippen LogP contribution in [-0.2, 0) is 5.75 Å². The molecule has 0 unspecified atom stereocenters. The van der Waals surface area contributed by atoms with Crippen molar-refractivity contribution in [1.82, 2.24) is 10.1 Å². The molecule has 2 rings (SSSR count). The van der Waals surface area contributed by atoms with Gasteiger partial charge in [-0.15, -0.1) is 11.8 Å². The topological polar surface area (TPSA) is 38.9 Å². The van der Waals surface area contributed by atoms with Crippen molar-refractivity contribution < 1.29 is 4.52 Å². The van der Waals surface area contributed by atoms with Crippen LogP contribution in [0.4, 0.5) is 0 Å². The van der Waals surface area contributed by atoms with Crippen LogP contribution < -0.4 is 0 Å². The van der Waals surface area contributed by atoms with Crippen molar-refractivity contribution in [3.63, 3.8) is 0 Å². The molecule has 15 heavy (non-hydrogen) atoms. The largest absolute Gasteiger partial charge is 0.321 e. The first-order chi connectivity index (χ1) is 7.24. The van der Waals surface area contributed by atoms with Crippen LogP contribution in [0.25, 0.3) is 0 Å². The summed E-state index contributed by atoms with van der Waals surface area (Å²) < 4.78 is 4.66. The van der Waals surface area contributed by atoms with Crippen molar-refractivity contribution in [3.05, 3.63) is 41.0 Å². The number of aromatic nitrogens is 2. The molecule has 0 aliphatic carbocycles. The Bertz CT molecular complexity index is 441. The van der Waals surface area contributed by atoms with E-state index in [1.54, 1.807) is 11.8 Å². The summed E-state index contributed by atoms with van der Waals surface area (Å²) in [7, 11) is 0. The van der Waals surface area contributed by atoms with Crippen LogP contribution in [-0.4, -0.2) is 10.1 Å². The Morgan fingerprint density at radius 1 is 1.33 bits per heavy atom. The van der Waals surface area contributed by atoms with Gasteiger partial charge in [0.25, 0.3) is 0 Å². The molecule has 1 aromatic carbocycles. The second-order valence-electron chi connectivity index (χ2n) is 3.07. The predicted octanol–water partition coefficient (Wildman–Crippen LogP) is 3.32. The summed E-state index contributed by atoms with van der Waals surface area (Å²) in [5, 5.41) is 3.80. The van der Waals surface area contributed by atoms with Crippen molar-refractivity contribution in [3.8, 4) is 0 Å². The van der Waals surface area contributed by atoms with Crippen molar-refractivity contribution in [2.45, 2.75) is 17.6 Å². The van der Waals surface area contributed by atoms with Gasteiger partial charge in [-0.25, -0.2) is 0 Å². The summed E-state index contributed by atoms with van der Waals surface area (Å²) in [5.74, 6) is 1.28. The third-order valence-electron chi connectivity index (χ3n) is 1.83. The van der Waals surface area contributed by atoms with Gasteiger partial charge in [-0.3, -0.25) is 0 Å². The standard InChI is InChI=1S/C10H9ClN2OS/c1-7-2-4-8(5-3-7)15-6-9-12-10(11)14-13-9/h2-5H,6H2,1H3. The number of thioether (sulfide) groups is 1. The van der Waals surface area contributed by atoms with Gasteiger partial charge in [0, 0.05) is 4.90 Å². The van der Waals surface area contributed by atoms with E-state index in [1.807, 2.05) is 0 Å². The monoisotopic (exact) mass is 240 g/mol. The average Bonchev–Trinajstić information content (AvgIpc) is 2.64. The van der Waals surface area contributed by atoms with Gasteiger partial charge in [0.2, 0.25) is 0 Å². The molecule has 0 atom stereocenters. The minimum absolute atomic E-state index is 0.0921. The molecule has 1 heterocycles. The summed E-state index contributed by atoms with van der Waals surface area (Å²) in [4.78, 5) is 5.09. The van der Waals surface area contributed by atoms with Crippen LogP contribution in [0.2, 0.25) is 5.35 Å². The van der Waals surface area contributed by atoms with Crippen LogP contribution in [0.5, 0.6) is 0 Å². The predicted molar refractivity (Wildman–Crippen MR) is 60.0 cm³/mol. The Morgan fingerprint density at radius 2 is 2.07 bits per heavy atom. The molecule has 0 aliphatic rings. The van der Waals surface area contributed by atoms with Crippen LogP contribution in [0.1, 0.15) is 11.4 Å². The first-order valence-electron chi connectivity index (χ1n) is 4.41. The Labute approximate surface area is 96.8 Å². The van der Waals surface area contributed by atoms with Crippen molar-refractivity contribution in [2.24, 2.45) is 0 Å². The number of hydrogen-bond donors (Lipinski definition) is 0. The Hall–Kier alpha value is -1.00. The fourth-order valence-corrected chi connectivity index (χ4v) is 1.95. The van der Waals surface area contributed by atoms with Crippen LogP contribution in [0, 0.1) is 6.92 Å². The Kier molecular flexibility index (Phi) is 3.28. The summed E-state index contributed by atoms with van der Waals surface area (Å²) in [6, 6.07) is 8.29. The number of hydrogen-bond acceptors (Lipinski definition) is 4. The minimum Gasteiger partial charge on any atom is -0.321 e. The zero-order valence-corrected chi connectivity index (χ0v) is 9.68. The highest BCUT2D eigenvalue weighted by Gasteiger charge is 2.03. The van der Waals surface area contributed by atoms with Crippen LogP contribution in [0.15, 0.2) is 33.7 Å². The van der Waals surface area contributed by atoms with Crippen LogP contribution >= 0.6 is 23.4 Å². The van der Waals surface area contributed by atoms with E-state index in [0.29, 0.717) is 11.6 Å². The highest BCUT2D eigenvalue weighted by Crippen LogP contribution is 2.22. The lowest BCUT2D eigenvalue weighted by Crippen LogP contribution is -1.83. The zero-order chi connectivity index (χ0) is 10.7. The smallest absolute Gasteiger partial charge is 0.320 e. The van der Waals surface area contributed by atoms with E-state index in [0.717, 1.165) is 0 Å². The summed E-state index contributed by atoms with van der Waals surface area (Å²) in [6.45, 7) is 2.06. The van der Waals surface area contributed by atoms with E-state index in [9.17, 15) is 0 Å².